The van der Waals surface area contributed by atoms with Gasteiger partial charge in [0.2, 0.25) is 11.8 Å². The van der Waals surface area contributed by atoms with Crippen LogP contribution in [0.2, 0.25) is 0 Å². The normalized spacial score (nSPS) is 23.1. The van der Waals surface area contributed by atoms with Crippen LogP contribution in [0.5, 0.6) is 0 Å². The first kappa shape index (κ1) is 17.6. The molecule has 2 unspecified atom stereocenters. The average molecular weight is 325 g/mol. The van der Waals surface area contributed by atoms with E-state index >= 15 is 0 Å². The van der Waals surface area contributed by atoms with Crippen LogP contribution in [-0.4, -0.2) is 47.5 Å². The van der Waals surface area contributed by atoms with E-state index in [4.69, 9.17) is 10.5 Å². The average Bonchev–Trinajstić information content (AvgIpc) is 2.87. The molecule has 1 aliphatic carbocycles. The Morgan fingerprint density at radius 1 is 1.17 bits per heavy atom. The monoisotopic (exact) mass is 325 g/mol. The number of hydrogen-bond donors (Lipinski definition) is 2. The molecule has 1 saturated heterocycles. The Morgan fingerprint density at radius 2 is 1.83 bits per heavy atom. The van der Waals surface area contributed by atoms with Gasteiger partial charge in [-0.2, -0.15) is 0 Å². The van der Waals surface area contributed by atoms with E-state index in [9.17, 15) is 14.4 Å². The summed E-state index contributed by atoms with van der Waals surface area (Å²) in [7, 11) is 0. The molecule has 2 aliphatic rings. The third-order valence-electron chi connectivity index (χ3n) is 4.57. The maximum atomic E-state index is 12.9. The molecule has 1 heterocycles. The topological polar surface area (TPSA) is 102 Å². The number of rotatable bonds is 4. The molecule has 7 heteroatoms. The fourth-order valence-electron chi connectivity index (χ4n) is 2.93. The van der Waals surface area contributed by atoms with Crippen molar-refractivity contribution in [3.63, 3.8) is 0 Å². The number of likely N-dealkylation sites (tertiary alicyclic amines) is 1. The predicted octanol–water partition coefficient (Wildman–Crippen LogP) is 1.16. The molecule has 7 nitrogen and oxygen atoms in total. The van der Waals surface area contributed by atoms with Gasteiger partial charge in [-0.15, -0.1) is 0 Å². The van der Waals surface area contributed by atoms with Crippen LogP contribution in [0.3, 0.4) is 0 Å². The number of nitrogens with one attached hydrogen (secondary N) is 1. The Bertz CT molecular complexity index is 482. The van der Waals surface area contributed by atoms with Crippen molar-refractivity contribution in [2.75, 3.05) is 6.54 Å². The van der Waals surface area contributed by atoms with Gasteiger partial charge < -0.3 is 20.7 Å². The van der Waals surface area contributed by atoms with Gasteiger partial charge in [-0.3, -0.25) is 9.59 Å². The van der Waals surface area contributed by atoms with E-state index in [0.717, 1.165) is 25.7 Å². The molecule has 3 amide bonds. The predicted molar refractivity (Wildman–Crippen MR) is 84.4 cm³/mol. The van der Waals surface area contributed by atoms with Gasteiger partial charge in [0, 0.05) is 6.54 Å². The zero-order chi connectivity index (χ0) is 17.2. The second-order valence-corrected chi connectivity index (χ2v) is 7.49. The molecule has 0 spiro atoms. The summed E-state index contributed by atoms with van der Waals surface area (Å²) in [6.45, 7) is 6.09. The largest absolute Gasteiger partial charge is 0.446 e. The quantitative estimate of drug-likeness (QED) is 0.809. The molecule has 0 bridgehead atoms. The Kier molecular flexibility index (Phi) is 5.16. The summed E-state index contributed by atoms with van der Waals surface area (Å²) >= 11 is 0. The molecule has 0 aromatic carbocycles. The van der Waals surface area contributed by atoms with Crippen molar-refractivity contribution in [1.82, 2.24) is 10.2 Å². The molecule has 3 N–H and O–H groups in total. The minimum atomic E-state index is -0.755. The molecule has 1 aliphatic heterocycles. The highest BCUT2D eigenvalue weighted by molar-refractivity contribution is 5.91. The molecule has 0 radical (unpaired) electrons. The molecule has 2 atom stereocenters. The lowest BCUT2D eigenvalue weighted by molar-refractivity contribution is -0.141. The molecule has 130 valence electrons. The third kappa shape index (κ3) is 4.14. The van der Waals surface area contributed by atoms with E-state index in [0.29, 0.717) is 13.0 Å². The first-order chi connectivity index (χ1) is 10.7. The van der Waals surface area contributed by atoms with Gasteiger partial charge in [-0.05, 0) is 37.5 Å². The Hall–Kier alpha value is -1.79. The third-order valence-corrected chi connectivity index (χ3v) is 4.57. The fourth-order valence-corrected chi connectivity index (χ4v) is 2.93. The van der Waals surface area contributed by atoms with Crippen molar-refractivity contribution in [2.24, 2.45) is 11.1 Å². The molecule has 0 aromatic rings. The number of ether oxygens (including phenoxy) is 1. The first-order valence-corrected chi connectivity index (χ1v) is 8.27. The van der Waals surface area contributed by atoms with Crippen LogP contribution >= 0.6 is 0 Å². The number of primary amides is 1. The summed E-state index contributed by atoms with van der Waals surface area (Å²) in [5, 5.41) is 2.69. The molecule has 1 saturated carbocycles. The van der Waals surface area contributed by atoms with E-state index < -0.39 is 29.5 Å². The molecule has 23 heavy (non-hydrogen) atoms. The Labute approximate surface area is 136 Å². The van der Waals surface area contributed by atoms with Crippen molar-refractivity contribution in [1.29, 1.82) is 0 Å². The lowest BCUT2D eigenvalue weighted by atomic mass is 9.85. The fraction of sp³-hybridized carbons (Fsp3) is 0.812. The summed E-state index contributed by atoms with van der Waals surface area (Å²) in [6, 6.07) is -1.34. The summed E-state index contributed by atoms with van der Waals surface area (Å²) in [6.07, 6.45) is 3.50. The zero-order valence-electron chi connectivity index (χ0n) is 14.1. The van der Waals surface area contributed by atoms with Crippen molar-refractivity contribution in [3.05, 3.63) is 0 Å². The summed E-state index contributed by atoms with van der Waals surface area (Å²) in [5.74, 6) is -0.773. The second-order valence-electron chi connectivity index (χ2n) is 7.49. The van der Waals surface area contributed by atoms with Gasteiger partial charge in [0.1, 0.15) is 18.2 Å². The van der Waals surface area contributed by atoms with Crippen LogP contribution in [0.1, 0.15) is 52.9 Å². The maximum absolute atomic E-state index is 12.9. The van der Waals surface area contributed by atoms with E-state index in [1.54, 1.807) is 0 Å². The Morgan fingerprint density at radius 3 is 2.30 bits per heavy atom. The molecular formula is C16H27N3O4. The van der Waals surface area contributed by atoms with Gasteiger partial charge in [-0.25, -0.2) is 4.79 Å². The lowest BCUT2D eigenvalue weighted by Gasteiger charge is -2.35. The van der Waals surface area contributed by atoms with Gasteiger partial charge in [-0.1, -0.05) is 20.8 Å². The maximum Gasteiger partial charge on any atom is 0.408 e. The second kappa shape index (κ2) is 6.76. The number of amides is 3. The van der Waals surface area contributed by atoms with Crippen molar-refractivity contribution in [2.45, 2.75) is 71.1 Å². The highest BCUT2D eigenvalue weighted by Gasteiger charge is 2.41. The zero-order valence-corrected chi connectivity index (χ0v) is 14.1. The van der Waals surface area contributed by atoms with E-state index in [1.807, 2.05) is 20.8 Å². The molecule has 0 aromatic heterocycles. The highest BCUT2D eigenvalue weighted by Crippen LogP contribution is 2.26. The van der Waals surface area contributed by atoms with Crippen LogP contribution in [0.4, 0.5) is 4.79 Å². The minimum absolute atomic E-state index is 0.0455. The van der Waals surface area contributed by atoms with Crippen molar-refractivity contribution >= 4 is 17.9 Å². The van der Waals surface area contributed by atoms with Gasteiger partial charge in [0.05, 0.1) is 0 Å². The minimum Gasteiger partial charge on any atom is -0.446 e. The van der Waals surface area contributed by atoms with E-state index in [-0.39, 0.29) is 12.0 Å². The van der Waals surface area contributed by atoms with E-state index in [2.05, 4.69) is 5.32 Å². The first-order valence-electron chi connectivity index (χ1n) is 8.27. The van der Waals surface area contributed by atoms with Crippen molar-refractivity contribution < 1.29 is 19.1 Å². The number of nitrogens with two attached hydrogens (primary N) is 1. The molecule has 2 fully saturated rings. The van der Waals surface area contributed by atoms with Crippen LogP contribution in [0, 0.1) is 5.41 Å². The molecule has 2 rings (SSSR count). The van der Waals surface area contributed by atoms with Gasteiger partial charge in [0.15, 0.2) is 0 Å². The van der Waals surface area contributed by atoms with E-state index in [1.165, 1.54) is 4.90 Å². The van der Waals surface area contributed by atoms with Gasteiger partial charge in [0.25, 0.3) is 0 Å². The van der Waals surface area contributed by atoms with Crippen LogP contribution in [0.15, 0.2) is 0 Å². The smallest absolute Gasteiger partial charge is 0.408 e. The van der Waals surface area contributed by atoms with Gasteiger partial charge >= 0.3 is 6.09 Å². The Balaban J connectivity index is 2.06. The lowest BCUT2D eigenvalue weighted by Crippen LogP contribution is -2.57. The molecular weight excluding hydrogens is 298 g/mol. The van der Waals surface area contributed by atoms with Crippen LogP contribution in [0.25, 0.3) is 0 Å². The number of carbonyl (C=O) groups is 3. The number of alkyl carbamates (subject to hydrolysis) is 1. The highest BCUT2D eigenvalue weighted by atomic mass is 16.6. The number of nitrogens with zero attached hydrogens (tertiary/aromatic N) is 1. The standard InChI is InChI=1S/C16H27N3O4/c1-16(2,3)12(18-15(22)23-10-6-4-7-10)14(21)19-9-5-8-11(19)13(17)20/h10-12H,4-9H2,1-3H3,(H2,17,20)(H,18,22). The summed E-state index contributed by atoms with van der Waals surface area (Å²) < 4.78 is 5.29. The summed E-state index contributed by atoms with van der Waals surface area (Å²) in [5.41, 5.74) is 4.88. The van der Waals surface area contributed by atoms with Crippen LogP contribution in [-0.2, 0) is 14.3 Å². The van der Waals surface area contributed by atoms with Crippen LogP contribution < -0.4 is 11.1 Å². The van der Waals surface area contributed by atoms with Crippen molar-refractivity contribution in [3.8, 4) is 0 Å². The number of hydrogen-bond acceptors (Lipinski definition) is 4. The SMILES string of the molecule is CC(C)(C)C(NC(=O)OC1CCC1)C(=O)N1CCCC1C(N)=O. The summed E-state index contributed by atoms with van der Waals surface area (Å²) in [4.78, 5) is 37.9. The number of carbonyl (C=O) groups excluding carboxylic acids is 3.